The van der Waals surface area contributed by atoms with Gasteiger partial charge in [-0.15, -0.1) is 0 Å². The van der Waals surface area contributed by atoms with Crippen LogP contribution in [0.1, 0.15) is 58.2 Å². The summed E-state index contributed by atoms with van der Waals surface area (Å²) in [5.74, 6) is 3.34. The molecule has 6 rings (SSSR count). The van der Waals surface area contributed by atoms with Crippen LogP contribution < -0.4 is 11.2 Å². The molecule has 4 bridgehead atoms. The van der Waals surface area contributed by atoms with E-state index in [-0.39, 0.29) is 16.7 Å². The summed E-state index contributed by atoms with van der Waals surface area (Å²) in [6.07, 6.45) is 7.25. The summed E-state index contributed by atoms with van der Waals surface area (Å²) in [4.78, 5) is 33.8. The third-order valence-corrected chi connectivity index (χ3v) is 7.09. The van der Waals surface area contributed by atoms with Crippen LogP contribution in [0, 0.1) is 17.8 Å². The SMILES string of the molecule is CCCn1c(=O)n(CC)c(=O)c2[nH]c(C34CC5CC(CC3C5)C4)nc21. The number of fused-ring (bicyclic) bond motifs is 1. The number of hydrogen-bond acceptors (Lipinski definition) is 3. The summed E-state index contributed by atoms with van der Waals surface area (Å²) in [5, 5.41) is 0. The number of nitrogens with zero attached hydrogens (tertiary/aromatic N) is 3. The molecule has 6 nitrogen and oxygen atoms in total. The molecule has 134 valence electrons. The van der Waals surface area contributed by atoms with Gasteiger partial charge in [0, 0.05) is 18.5 Å². The molecular weight excluding hydrogens is 316 g/mol. The molecule has 2 atom stereocenters. The first-order chi connectivity index (χ1) is 12.1. The fraction of sp³-hybridized carbons (Fsp3) is 0.737. The standard InChI is InChI=1S/C19H26N4O2/c1-3-5-23-15-14(16(24)22(4-2)18(23)25)20-17(21-15)19-9-11-6-12(10-19)8-13(19)7-11/h11-13H,3-10H2,1-2H3,(H,20,21). The minimum absolute atomic E-state index is 0.128. The van der Waals surface area contributed by atoms with Gasteiger partial charge in [-0.1, -0.05) is 6.92 Å². The van der Waals surface area contributed by atoms with E-state index in [0.717, 1.165) is 24.1 Å². The van der Waals surface area contributed by atoms with Gasteiger partial charge in [0.2, 0.25) is 0 Å². The Balaban J connectivity index is 1.75. The smallest absolute Gasteiger partial charge is 0.332 e. The largest absolute Gasteiger partial charge is 0.336 e. The van der Waals surface area contributed by atoms with Crippen LogP contribution in [0.3, 0.4) is 0 Å². The lowest BCUT2D eigenvalue weighted by atomic mass is 9.75. The molecule has 4 aliphatic rings. The normalized spacial score (nSPS) is 33.0. The van der Waals surface area contributed by atoms with E-state index in [0.29, 0.717) is 30.2 Å². The summed E-state index contributed by atoms with van der Waals surface area (Å²) in [5.41, 5.74) is 0.767. The molecule has 0 aliphatic heterocycles. The predicted octanol–water partition coefficient (Wildman–Crippen LogP) is 2.39. The highest BCUT2D eigenvalue weighted by atomic mass is 16.2. The maximum atomic E-state index is 12.8. The molecule has 2 heterocycles. The van der Waals surface area contributed by atoms with Crippen molar-refractivity contribution in [2.24, 2.45) is 17.8 Å². The quantitative estimate of drug-likeness (QED) is 0.927. The molecule has 25 heavy (non-hydrogen) atoms. The van der Waals surface area contributed by atoms with Crippen LogP contribution in [0.4, 0.5) is 0 Å². The number of nitrogens with one attached hydrogen (secondary N) is 1. The molecule has 0 radical (unpaired) electrons. The van der Waals surface area contributed by atoms with E-state index < -0.39 is 0 Å². The van der Waals surface area contributed by atoms with Gasteiger partial charge in [0.05, 0.1) is 0 Å². The zero-order chi connectivity index (χ0) is 17.3. The van der Waals surface area contributed by atoms with Gasteiger partial charge < -0.3 is 4.98 Å². The van der Waals surface area contributed by atoms with E-state index in [1.54, 1.807) is 4.57 Å². The highest BCUT2D eigenvalue weighted by Gasteiger charge is 2.59. The van der Waals surface area contributed by atoms with E-state index in [9.17, 15) is 9.59 Å². The van der Waals surface area contributed by atoms with Crippen LogP contribution in [0.15, 0.2) is 9.59 Å². The minimum Gasteiger partial charge on any atom is -0.336 e. The van der Waals surface area contributed by atoms with E-state index in [1.807, 2.05) is 13.8 Å². The average Bonchev–Trinajstić information content (AvgIpc) is 3.20. The lowest BCUT2D eigenvalue weighted by Crippen LogP contribution is -2.39. The van der Waals surface area contributed by atoms with Crippen molar-refractivity contribution in [3.05, 3.63) is 26.7 Å². The Labute approximate surface area is 146 Å². The molecule has 0 amide bonds. The molecule has 1 N–H and O–H groups in total. The number of aromatic amines is 1. The fourth-order valence-electron chi connectivity index (χ4n) is 6.29. The van der Waals surface area contributed by atoms with Gasteiger partial charge in [0.25, 0.3) is 5.56 Å². The maximum Gasteiger partial charge on any atom is 0.332 e. The average molecular weight is 342 g/mol. The van der Waals surface area contributed by atoms with Crippen LogP contribution >= 0.6 is 0 Å². The van der Waals surface area contributed by atoms with Crippen molar-refractivity contribution >= 4 is 11.2 Å². The number of imidazole rings is 1. The molecular formula is C19H26N4O2. The zero-order valence-corrected chi connectivity index (χ0v) is 15.0. The second-order valence-corrected chi connectivity index (χ2v) is 8.47. The summed E-state index contributed by atoms with van der Waals surface area (Å²) in [6.45, 7) is 4.88. The van der Waals surface area contributed by atoms with Gasteiger partial charge >= 0.3 is 5.69 Å². The highest BCUT2D eigenvalue weighted by molar-refractivity contribution is 5.70. The predicted molar refractivity (Wildman–Crippen MR) is 95.8 cm³/mol. The molecule has 4 aliphatic carbocycles. The minimum atomic E-state index is -0.227. The van der Waals surface area contributed by atoms with Crippen LogP contribution in [0.2, 0.25) is 0 Å². The molecule has 2 aromatic rings. The Kier molecular flexibility index (Phi) is 3.13. The van der Waals surface area contributed by atoms with Crippen LogP contribution in [-0.2, 0) is 18.5 Å². The first kappa shape index (κ1) is 15.4. The molecule has 6 heteroatoms. The molecule has 0 saturated heterocycles. The van der Waals surface area contributed by atoms with Crippen molar-refractivity contribution in [1.29, 1.82) is 0 Å². The Hall–Kier alpha value is -1.85. The summed E-state index contributed by atoms with van der Waals surface area (Å²) < 4.78 is 3.02. The second-order valence-electron chi connectivity index (χ2n) is 8.47. The lowest BCUT2D eigenvalue weighted by Gasteiger charge is -2.30. The Morgan fingerprint density at radius 2 is 1.84 bits per heavy atom. The van der Waals surface area contributed by atoms with Crippen LogP contribution in [-0.4, -0.2) is 19.1 Å². The first-order valence-electron chi connectivity index (χ1n) is 9.81. The molecule has 2 aromatic heterocycles. The van der Waals surface area contributed by atoms with Crippen molar-refractivity contribution < 1.29 is 0 Å². The first-order valence-corrected chi connectivity index (χ1v) is 9.81. The zero-order valence-electron chi connectivity index (χ0n) is 15.0. The van der Waals surface area contributed by atoms with Gasteiger partial charge in [0.15, 0.2) is 5.65 Å². The third kappa shape index (κ3) is 1.88. The van der Waals surface area contributed by atoms with Gasteiger partial charge in [-0.05, 0) is 63.2 Å². The van der Waals surface area contributed by atoms with Gasteiger partial charge in [-0.3, -0.25) is 13.9 Å². The van der Waals surface area contributed by atoms with Gasteiger partial charge in [-0.2, -0.15) is 0 Å². The number of H-pyrrole nitrogens is 1. The van der Waals surface area contributed by atoms with Crippen molar-refractivity contribution in [2.75, 3.05) is 0 Å². The Bertz CT molecular complexity index is 952. The van der Waals surface area contributed by atoms with Gasteiger partial charge in [0.1, 0.15) is 11.3 Å². The highest BCUT2D eigenvalue weighted by Crippen LogP contribution is 2.65. The monoisotopic (exact) mass is 342 g/mol. The Morgan fingerprint density at radius 3 is 2.48 bits per heavy atom. The molecule has 4 fully saturated rings. The second kappa shape index (κ2) is 5.08. The van der Waals surface area contributed by atoms with Crippen LogP contribution in [0.5, 0.6) is 0 Å². The number of aryl methyl sites for hydroxylation is 1. The van der Waals surface area contributed by atoms with E-state index in [1.165, 1.54) is 36.7 Å². The maximum absolute atomic E-state index is 12.8. The van der Waals surface area contributed by atoms with Gasteiger partial charge in [-0.25, -0.2) is 9.78 Å². The van der Waals surface area contributed by atoms with Crippen molar-refractivity contribution in [3.8, 4) is 0 Å². The third-order valence-electron chi connectivity index (χ3n) is 7.09. The van der Waals surface area contributed by atoms with E-state index in [2.05, 4.69) is 4.98 Å². The topological polar surface area (TPSA) is 72.7 Å². The van der Waals surface area contributed by atoms with Crippen LogP contribution in [0.25, 0.3) is 11.2 Å². The van der Waals surface area contributed by atoms with Crippen molar-refractivity contribution in [2.45, 2.75) is 70.9 Å². The number of rotatable bonds is 4. The molecule has 0 aromatic carbocycles. The summed E-state index contributed by atoms with van der Waals surface area (Å²) in [6, 6.07) is 0. The Morgan fingerprint density at radius 1 is 1.12 bits per heavy atom. The number of hydrogen-bond donors (Lipinski definition) is 1. The molecule has 2 unspecified atom stereocenters. The van der Waals surface area contributed by atoms with Crippen molar-refractivity contribution in [3.63, 3.8) is 0 Å². The molecule has 0 spiro atoms. The summed E-state index contributed by atoms with van der Waals surface area (Å²) in [7, 11) is 0. The number of aromatic nitrogens is 4. The van der Waals surface area contributed by atoms with E-state index >= 15 is 0 Å². The fourth-order valence-corrected chi connectivity index (χ4v) is 6.29. The lowest BCUT2D eigenvalue weighted by molar-refractivity contribution is 0.262. The van der Waals surface area contributed by atoms with E-state index in [4.69, 9.17) is 4.98 Å². The van der Waals surface area contributed by atoms with Crippen molar-refractivity contribution in [1.82, 2.24) is 19.1 Å². The molecule has 4 saturated carbocycles. The summed E-state index contributed by atoms with van der Waals surface area (Å²) >= 11 is 0.